The Morgan fingerprint density at radius 2 is 1.63 bits per heavy atom. The summed E-state index contributed by atoms with van der Waals surface area (Å²) in [4.78, 5) is 42.5. The lowest BCUT2D eigenvalue weighted by Gasteiger charge is -2.19. The van der Waals surface area contributed by atoms with Crippen LogP contribution in [0.25, 0.3) is 0 Å². The number of unbranched alkanes of at least 4 members (excludes halogenated alkanes) is 1. The van der Waals surface area contributed by atoms with E-state index in [1.165, 1.54) is 0 Å². The van der Waals surface area contributed by atoms with Gasteiger partial charge >= 0.3 is 11.9 Å². The summed E-state index contributed by atoms with van der Waals surface area (Å²) in [5.41, 5.74) is 4.04. The van der Waals surface area contributed by atoms with Crippen LogP contribution in [0.4, 0.5) is 0 Å². The fourth-order valence-electron chi connectivity index (χ4n) is 3.25. The van der Waals surface area contributed by atoms with Crippen LogP contribution in [0.3, 0.4) is 0 Å². The lowest BCUT2D eigenvalue weighted by atomic mass is 9.94. The average molecular weight is 484 g/mol. The number of benzene rings is 2. The van der Waals surface area contributed by atoms with Crippen molar-refractivity contribution in [3.8, 4) is 0 Å². The van der Waals surface area contributed by atoms with Crippen LogP contribution in [0.15, 0.2) is 54.6 Å². The standard InChI is InChI=1S/C28H37NO6/c1-5-6-18-34-29-25(30)17-16-24(26(31)33-20-22-10-8-7-9-11-22)19-21-12-14-23(15-13-21)27(32)35-28(2,3)4/h7-15,24H,5-6,16-20H2,1-4H3,(H,29,30). The normalized spacial score (nSPS) is 12.0. The molecule has 0 saturated carbocycles. The summed E-state index contributed by atoms with van der Waals surface area (Å²) in [6.07, 6.45) is 2.65. The van der Waals surface area contributed by atoms with E-state index in [9.17, 15) is 14.4 Å². The number of carbonyl (C=O) groups excluding carboxylic acids is 3. The molecule has 0 aliphatic carbocycles. The lowest BCUT2D eigenvalue weighted by Crippen LogP contribution is -2.27. The number of ether oxygens (including phenoxy) is 2. The fourth-order valence-corrected chi connectivity index (χ4v) is 3.25. The minimum absolute atomic E-state index is 0.132. The number of hydrogen-bond donors (Lipinski definition) is 1. The van der Waals surface area contributed by atoms with E-state index in [-0.39, 0.29) is 24.9 Å². The molecule has 0 aliphatic rings. The second kappa shape index (κ2) is 14.3. The fraction of sp³-hybridized carbons (Fsp3) is 0.464. The Morgan fingerprint density at radius 1 is 0.943 bits per heavy atom. The molecule has 1 amide bonds. The zero-order valence-corrected chi connectivity index (χ0v) is 21.2. The minimum atomic E-state index is -0.579. The Kier molecular flexibility index (Phi) is 11.4. The van der Waals surface area contributed by atoms with Gasteiger partial charge in [-0.05, 0) is 63.3 Å². The first-order valence-corrected chi connectivity index (χ1v) is 12.1. The predicted molar refractivity (Wildman–Crippen MR) is 133 cm³/mol. The SMILES string of the molecule is CCCCONC(=O)CCC(Cc1ccc(C(=O)OC(C)(C)C)cc1)C(=O)OCc1ccccc1. The number of rotatable bonds is 13. The van der Waals surface area contributed by atoms with Gasteiger partial charge in [0.2, 0.25) is 5.91 Å². The van der Waals surface area contributed by atoms with Gasteiger partial charge in [-0.25, -0.2) is 10.3 Å². The highest BCUT2D eigenvalue weighted by molar-refractivity contribution is 5.89. The highest BCUT2D eigenvalue weighted by Crippen LogP contribution is 2.19. The van der Waals surface area contributed by atoms with Crippen molar-refractivity contribution in [2.24, 2.45) is 5.92 Å². The highest BCUT2D eigenvalue weighted by atomic mass is 16.6. The maximum Gasteiger partial charge on any atom is 0.338 e. The maximum absolute atomic E-state index is 12.9. The molecule has 2 aromatic rings. The summed E-state index contributed by atoms with van der Waals surface area (Å²) in [6.45, 7) is 8.10. The van der Waals surface area contributed by atoms with Crippen molar-refractivity contribution >= 4 is 17.8 Å². The number of esters is 2. The molecule has 190 valence electrons. The molecule has 0 bridgehead atoms. The van der Waals surface area contributed by atoms with Crippen molar-refractivity contribution in [3.63, 3.8) is 0 Å². The van der Waals surface area contributed by atoms with Gasteiger partial charge in [-0.1, -0.05) is 55.8 Å². The number of hydrogen-bond acceptors (Lipinski definition) is 6. The molecule has 0 saturated heterocycles. The second-order valence-electron chi connectivity index (χ2n) is 9.46. The van der Waals surface area contributed by atoms with Crippen molar-refractivity contribution in [2.75, 3.05) is 6.61 Å². The third-order valence-electron chi connectivity index (χ3n) is 5.13. The van der Waals surface area contributed by atoms with Gasteiger partial charge in [0.05, 0.1) is 18.1 Å². The van der Waals surface area contributed by atoms with Crippen molar-refractivity contribution < 1.29 is 28.7 Å². The highest BCUT2D eigenvalue weighted by Gasteiger charge is 2.23. The quantitative estimate of drug-likeness (QED) is 0.240. The molecular weight excluding hydrogens is 446 g/mol. The van der Waals surface area contributed by atoms with E-state index in [2.05, 4.69) is 5.48 Å². The molecule has 1 unspecified atom stereocenters. The molecule has 7 nitrogen and oxygen atoms in total. The van der Waals surface area contributed by atoms with Crippen LogP contribution < -0.4 is 5.48 Å². The first-order valence-electron chi connectivity index (χ1n) is 12.1. The van der Waals surface area contributed by atoms with Gasteiger partial charge in [0, 0.05) is 6.42 Å². The van der Waals surface area contributed by atoms with Crippen LogP contribution in [0, 0.1) is 5.92 Å². The monoisotopic (exact) mass is 483 g/mol. The van der Waals surface area contributed by atoms with Gasteiger partial charge in [-0.2, -0.15) is 0 Å². The smallest absolute Gasteiger partial charge is 0.338 e. The predicted octanol–water partition coefficient (Wildman–Crippen LogP) is 5.17. The Balaban J connectivity index is 2.01. The van der Waals surface area contributed by atoms with Gasteiger partial charge in [-0.15, -0.1) is 0 Å². The molecule has 0 aliphatic heterocycles. The van der Waals surface area contributed by atoms with Crippen LogP contribution in [0.5, 0.6) is 0 Å². The van der Waals surface area contributed by atoms with Crippen LogP contribution in [-0.4, -0.2) is 30.1 Å². The van der Waals surface area contributed by atoms with Gasteiger partial charge < -0.3 is 9.47 Å². The van der Waals surface area contributed by atoms with Crippen LogP contribution in [-0.2, 0) is 36.9 Å². The molecule has 0 aromatic heterocycles. The Bertz CT molecular complexity index is 934. The molecule has 1 N–H and O–H groups in total. The van der Waals surface area contributed by atoms with Crippen molar-refractivity contribution in [2.45, 2.75) is 72.0 Å². The summed E-state index contributed by atoms with van der Waals surface area (Å²) in [5, 5.41) is 0. The molecule has 2 rings (SSSR count). The summed E-state index contributed by atoms with van der Waals surface area (Å²) in [5.74, 6) is -1.57. The minimum Gasteiger partial charge on any atom is -0.461 e. The number of nitrogens with one attached hydrogen (secondary N) is 1. The zero-order chi connectivity index (χ0) is 25.7. The summed E-state index contributed by atoms with van der Waals surface area (Å²) in [7, 11) is 0. The van der Waals surface area contributed by atoms with E-state index in [1.807, 2.05) is 58.0 Å². The Morgan fingerprint density at radius 3 is 2.26 bits per heavy atom. The zero-order valence-electron chi connectivity index (χ0n) is 21.2. The lowest BCUT2D eigenvalue weighted by molar-refractivity contribution is -0.150. The van der Waals surface area contributed by atoms with Crippen molar-refractivity contribution in [1.82, 2.24) is 5.48 Å². The van der Waals surface area contributed by atoms with E-state index in [0.717, 1.165) is 24.0 Å². The first kappa shape index (κ1) is 28.1. The van der Waals surface area contributed by atoms with E-state index < -0.39 is 17.5 Å². The van der Waals surface area contributed by atoms with E-state index in [0.29, 0.717) is 25.0 Å². The van der Waals surface area contributed by atoms with Crippen LogP contribution in [0.2, 0.25) is 0 Å². The molecule has 35 heavy (non-hydrogen) atoms. The third kappa shape index (κ3) is 11.2. The van der Waals surface area contributed by atoms with Gasteiger partial charge in [0.1, 0.15) is 12.2 Å². The number of carbonyl (C=O) groups is 3. The number of hydroxylamine groups is 1. The summed E-state index contributed by atoms with van der Waals surface area (Å²) >= 11 is 0. The topological polar surface area (TPSA) is 90.9 Å². The van der Waals surface area contributed by atoms with Crippen molar-refractivity contribution in [3.05, 3.63) is 71.3 Å². The summed E-state index contributed by atoms with van der Waals surface area (Å²) < 4.78 is 10.9. The first-order chi connectivity index (χ1) is 16.7. The Hall–Kier alpha value is -3.19. The van der Waals surface area contributed by atoms with E-state index in [1.54, 1.807) is 24.3 Å². The molecule has 7 heteroatoms. The molecule has 0 spiro atoms. The second-order valence-corrected chi connectivity index (χ2v) is 9.46. The van der Waals surface area contributed by atoms with Gasteiger partial charge in [-0.3, -0.25) is 14.4 Å². The Labute approximate surface area is 208 Å². The largest absolute Gasteiger partial charge is 0.461 e. The maximum atomic E-state index is 12.9. The molecule has 0 fully saturated rings. The average Bonchev–Trinajstić information content (AvgIpc) is 2.83. The van der Waals surface area contributed by atoms with E-state index >= 15 is 0 Å². The molecule has 0 heterocycles. The molecular formula is C28H37NO6. The molecule has 1 atom stereocenters. The van der Waals surface area contributed by atoms with Crippen LogP contribution in [0.1, 0.15) is 74.9 Å². The van der Waals surface area contributed by atoms with Gasteiger partial charge in [0.15, 0.2) is 0 Å². The van der Waals surface area contributed by atoms with Crippen LogP contribution >= 0.6 is 0 Å². The molecule has 0 radical (unpaired) electrons. The summed E-state index contributed by atoms with van der Waals surface area (Å²) in [6, 6.07) is 16.4. The van der Waals surface area contributed by atoms with E-state index in [4.69, 9.17) is 14.3 Å². The van der Waals surface area contributed by atoms with Crippen molar-refractivity contribution in [1.29, 1.82) is 0 Å². The number of amides is 1. The van der Waals surface area contributed by atoms with Gasteiger partial charge in [0.25, 0.3) is 0 Å². The molecule has 2 aromatic carbocycles. The third-order valence-corrected chi connectivity index (χ3v) is 5.13.